The number of aliphatic imine (C=N–C) groups is 1. The average Bonchev–Trinajstić information content (AvgIpc) is 2.58. The third kappa shape index (κ3) is 13.2. The summed E-state index contributed by atoms with van der Waals surface area (Å²) in [6, 6.07) is 0. The molecule has 0 saturated carbocycles. The van der Waals surface area contributed by atoms with Crippen LogP contribution in [0.3, 0.4) is 0 Å². The molecule has 1 rings (SSSR count). The lowest BCUT2D eigenvalue weighted by atomic mass is 10.1. The molecule has 0 unspecified atom stereocenters. The molecule has 24 heavy (non-hydrogen) atoms. The molecular weight excluding hydrogens is 419 g/mol. The number of halogens is 1. The normalized spacial score (nSPS) is 15.8. The Morgan fingerprint density at radius 1 is 1.04 bits per heavy atom. The van der Waals surface area contributed by atoms with E-state index in [4.69, 9.17) is 9.47 Å². The standard InChI is InChI=1S/C17H36N4O2.HI/c1-3-18-17(19-9-5-8-14-23-16-15-22-2)20-10-13-21-11-6-4-7-12-21;/h3-16H2,1-2H3,(H2,18,19,20);1H. The van der Waals surface area contributed by atoms with E-state index in [1.165, 1.54) is 32.4 Å². The van der Waals surface area contributed by atoms with Gasteiger partial charge in [-0.15, -0.1) is 24.0 Å². The first kappa shape index (κ1) is 23.9. The molecule has 0 amide bonds. The van der Waals surface area contributed by atoms with Crippen molar-refractivity contribution in [2.24, 2.45) is 4.99 Å². The Morgan fingerprint density at radius 3 is 2.54 bits per heavy atom. The zero-order valence-corrected chi connectivity index (χ0v) is 17.8. The molecule has 0 radical (unpaired) electrons. The van der Waals surface area contributed by atoms with Crippen LogP contribution in [0.1, 0.15) is 39.0 Å². The Labute approximate surface area is 165 Å². The van der Waals surface area contributed by atoms with E-state index in [-0.39, 0.29) is 24.0 Å². The minimum atomic E-state index is 0. The number of hydrogen-bond acceptors (Lipinski definition) is 4. The van der Waals surface area contributed by atoms with Crippen LogP contribution in [-0.2, 0) is 9.47 Å². The molecule has 0 spiro atoms. The van der Waals surface area contributed by atoms with Crippen molar-refractivity contribution in [3.63, 3.8) is 0 Å². The van der Waals surface area contributed by atoms with Gasteiger partial charge in [-0.3, -0.25) is 4.99 Å². The second-order valence-electron chi connectivity index (χ2n) is 5.90. The molecule has 0 aromatic carbocycles. The van der Waals surface area contributed by atoms with Crippen LogP contribution in [0.15, 0.2) is 4.99 Å². The number of nitrogens with one attached hydrogen (secondary N) is 2. The zero-order valence-electron chi connectivity index (χ0n) is 15.5. The molecule has 0 aliphatic carbocycles. The van der Waals surface area contributed by atoms with Crippen LogP contribution in [0.4, 0.5) is 0 Å². The highest BCUT2D eigenvalue weighted by atomic mass is 127. The number of likely N-dealkylation sites (tertiary alicyclic amines) is 1. The Bertz CT molecular complexity index is 300. The molecule has 6 nitrogen and oxygen atoms in total. The number of nitrogens with zero attached hydrogens (tertiary/aromatic N) is 2. The lowest BCUT2D eigenvalue weighted by Crippen LogP contribution is -2.42. The zero-order chi connectivity index (χ0) is 16.6. The maximum atomic E-state index is 5.45. The van der Waals surface area contributed by atoms with Crippen molar-refractivity contribution in [1.29, 1.82) is 0 Å². The quantitative estimate of drug-likeness (QED) is 0.204. The molecule has 1 saturated heterocycles. The molecule has 0 aromatic heterocycles. The Kier molecular flexibility index (Phi) is 17.6. The fraction of sp³-hybridized carbons (Fsp3) is 0.941. The van der Waals surface area contributed by atoms with Crippen LogP contribution in [0.2, 0.25) is 0 Å². The minimum absolute atomic E-state index is 0. The van der Waals surface area contributed by atoms with Crippen molar-refractivity contribution in [2.45, 2.75) is 39.0 Å². The lowest BCUT2D eigenvalue weighted by Gasteiger charge is -2.26. The van der Waals surface area contributed by atoms with Gasteiger partial charge in [0.25, 0.3) is 0 Å². The summed E-state index contributed by atoms with van der Waals surface area (Å²) in [6.45, 7) is 10.6. The Balaban J connectivity index is 0.00000529. The highest BCUT2D eigenvalue weighted by molar-refractivity contribution is 14.0. The molecule has 0 aromatic rings. The minimum Gasteiger partial charge on any atom is -0.382 e. The molecule has 0 atom stereocenters. The number of hydrogen-bond donors (Lipinski definition) is 2. The molecule has 7 heteroatoms. The van der Waals surface area contributed by atoms with E-state index in [9.17, 15) is 0 Å². The molecule has 2 N–H and O–H groups in total. The number of guanidine groups is 1. The third-order valence-corrected chi connectivity index (χ3v) is 3.91. The molecule has 144 valence electrons. The second kappa shape index (κ2) is 17.7. The summed E-state index contributed by atoms with van der Waals surface area (Å²) in [6.07, 6.45) is 6.18. The van der Waals surface area contributed by atoms with Crippen molar-refractivity contribution < 1.29 is 9.47 Å². The van der Waals surface area contributed by atoms with Crippen molar-refractivity contribution in [1.82, 2.24) is 15.5 Å². The van der Waals surface area contributed by atoms with E-state index in [0.29, 0.717) is 13.2 Å². The molecule has 0 bridgehead atoms. The lowest BCUT2D eigenvalue weighted by molar-refractivity contribution is 0.0690. The molecular formula is C17H37IN4O2. The first-order chi connectivity index (χ1) is 11.4. The van der Waals surface area contributed by atoms with Gasteiger partial charge >= 0.3 is 0 Å². The summed E-state index contributed by atoms with van der Waals surface area (Å²) in [4.78, 5) is 7.16. The molecule has 1 aliphatic heterocycles. The Hall–Kier alpha value is -0.120. The van der Waals surface area contributed by atoms with Crippen molar-refractivity contribution in [3.05, 3.63) is 0 Å². The van der Waals surface area contributed by atoms with Crippen LogP contribution in [0.25, 0.3) is 0 Å². The van der Waals surface area contributed by atoms with E-state index in [2.05, 4.69) is 27.4 Å². The molecule has 1 heterocycles. The van der Waals surface area contributed by atoms with Gasteiger partial charge in [0.2, 0.25) is 0 Å². The average molecular weight is 456 g/mol. The first-order valence-electron chi connectivity index (χ1n) is 9.18. The van der Waals surface area contributed by atoms with E-state index in [1.807, 2.05) is 0 Å². The summed E-state index contributed by atoms with van der Waals surface area (Å²) < 4.78 is 10.4. The van der Waals surface area contributed by atoms with Gasteiger partial charge in [-0.25, -0.2) is 0 Å². The molecule has 1 fully saturated rings. The monoisotopic (exact) mass is 456 g/mol. The summed E-state index contributed by atoms with van der Waals surface area (Å²) in [7, 11) is 1.69. The Morgan fingerprint density at radius 2 is 1.83 bits per heavy atom. The largest absolute Gasteiger partial charge is 0.382 e. The van der Waals surface area contributed by atoms with Crippen LogP contribution >= 0.6 is 24.0 Å². The van der Waals surface area contributed by atoms with Gasteiger partial charge in [-0.1, -0.05) is 6.42 Å². The topological polar surface area (TPSA) is 58.1 Å². The van der Waals surface area contributed by atoms with Gasteiger partial charge in [0, 0.05) is 39.9 Å². The summed E-state index contributed by atoms with van der Waals surface area (Å²) in [5.41, 5.74) is 0. The SMILES string of the molecule is CCNC(=NCCCCOCCOC)NCCN1CCCCC1.I. The smallest absolute Gasteiger partial charge is 0.191 e. The third-order valence-electron chi connectivity index (χ3n) is 3.91. The van der Waals surface area contributed by atoms with Crippen LogP contribution in [0, 0.1) is 0 Å². The number of methoxy groups -OCH3 is 1. The maximum absolute atomic E-state index is 5.45. The van der Waals surface area contributed by atoms with Gasteiger partial charge in [0.05, 0.1) is 13.2 Å². The van der Waals surface area contributed by atoms with E-state index >= 15 is 0 Å². The summed E-state index contributed by atoms with van der Waals surface area (Å²) in [5.74, 6) is 0.935. The van der Waals surface area contributed by atoms with Gasteiger partial charge in [-0.05, 0) is 45.7 Å². The predicted molar refractivity (Wildman–Crippen MR) is 112 cm³/mol. The summed E-state index contributed by atoms with van der Waals surface area (Å²) >= 11 is 0. The number of rotatable bonds is 12. The number of piperidine rings is 1. The van der Waals surface area contributed by atoms with E-state index < -0.39 is 0 Å². The van der Waals surface area contributed by atoms with Gasteiger partial charge < -0.3 is 25.0 Å². The summed E-state index contributed by atoms with van der Waals surface area (Å²) in [5, 5.41) is 6.75. The molecule has 1 aliphatic rings. The fourth-order valence-corrected chi connectivity index (χ4v) is 2.61. The van der Waals surface area contributed by atoms with Crippen LogP contribution in [-0.4, -0.2) is 77.1 Å². The predicted octanol–water partition coefficient (Wildman–Crippen LogP) is 2.09. The fourth-order valence-electron chi connectivity index (χ4n) is 2.61. The highest BCUT2D eigenvalue weighted by Gasteiger charge is 2.09. The number of ether oxygens (including phenoxy) is 2. The van der Waals surface area contributed by atoms with Crippen molar-refractivity contribution in [2.75, 3.05) is 66.2 Å². The first-order valence-corrected chi connectivity index (χ1v) is 9.18. The van der Waals surface area contributed by atoms with Crippen LogP contribution < -0.4 is 10.6 Å². The number of unbranched alkanes of at least 4 members (excludes halogenated alkanes) is 1. The van der Waals surface area contributed by atoms with Gasteiger partial charge in [0.1, 0.15) is 0 Å². The van der Waals surface area contributed by atoms with Gasteiger partial charge in [0.15, 0.2) is 5.96 Å². The van der Waals surface area contributed by atoms with E-state index in [0.717, 1.165) is 51.6 Å². The van der Waals surface area contributed by atoms with Crippen molar-refractivity contribution >= 4 is 29.9 Å². The van der Waals surface area contributed by atoms with Crippen molar-refractivity contribution in [3.8, 4) is 0 Å². The van der Waals surface area contributed by atoms with E-state index in [1.54, 1.807) is 7.11 Å². The second-order valence-corrected chi connectivity index (χ2v) is 5.90. The van der Waals surface area contributed by atoms with Crippen LogP contribution in [0.5, 0.6) is 0 Å². The highest BCUT2D eigenvalue weighted by Crippen LogP contribution is 2.07. The maximum Gasteiger partial charge on any atom is 0.191 e. The van der Waals surface area contributed by atoms with Gasteiger partial charge in [-0.2, -0.15) is 0 Å².